The van der Waals surface area contributed by atoms with Crippen LogP contribution in [0.4, 0.5) is 0 Å². The van der Waals surface area contributed by atoms with Crippen LogP contribution in [-0.4, -0.2) is 22.0 Å². The molecule has 4 heteroatoms. The molecule has 0 saturated carbocycles. The number of rotatable bonds is 1. The average molecular weight is 191 g/mol. The van der Waals surface area contributed by atoms with Crippen molar-refractivity contribution in [3.05, 3.63) is 34.9 Å². The van der Waals surface area contributed by atoms with E-state index in [1.54, 1.807) is 6.07 Å². The minimum Gasteiger partial charge on any atom is -0.478 e. The van der Waals surface area contributed by atoms with Crippen molar-refractivity contribution < 1.29 is 15.1 Å². The lowest BCUT2D eigenvalue weighted by molar-refractivity contribution is 0.0696. The van der Waals surface area contributed by atoms with E-state index in [-0.39, 0.29) is 5.56 Å². The topological polar surface area (TPSA) is 69.9 Å². The van der Waals surface area contributed by atoms with Crippen molar-refractivity contribution in [2.75, 3.05) is 0 Å². The van der Waals surface area contributed by atoms with Gasteiger partial charge in [-0.3, -0.25) is 0 Å². The van der Waals surface area contributed by atoms with Gasteiger partial charge in [-0.2, -0.15) is 0 Å². The van der Waals surface area contributed by atoms with Gasteiger partial charge in [-0.25, -0.2) is 4.79 Å². The van der Waals surface area contributed by atoms with E-state index in [1.807, 2.05) is 6.07 Å². The third-order valence-corrected chi connectivity index (χ3v) is 2.42. The molecular formula is C10H9NO3. The van der Waals surface area contributed by atoms with Gasteiger partial charge in [0, 0.05) is 5.56 Å². The molecule has 0 bridgehead atoms. The molecule has 1 aromatic rings. The van der Waals surface area contributed by atoms with Crippen molar-refractivity contribution in [2.45, 2.75) is 12.8 Å². The van der Waals surface area contributed by atoms with Crippen molar-refractivity contribution in [1.82, 2.24) is 0 Å². The van der Waals surface area contributed by atoms with E-state index < -0.39 is 5.97 Å². The molecule has 0 spiro atoms. The summed E-state index contributed by atoms with van der Waals surface area (Å²) >= 11 is 0. The van der Waals surface area contributed by atoms with Crippen LogP contribution in [0, 0.1) is 0 Å². The van der Waals surface area contributed by atoms with Gasteiger partial charge in [0.25, 0.3) is 0 Å². The lowest BCUT2D eigenvalue weighted by Gasteiger charge is -2.03. The van der Waals surface area contributed by atoms with Crippen molar-refractivity contribution in [1.29, 1.82) is 0 Å². The maximum atomic E-state index is 10.9. The molecule has 0 radical (unpaired) electrons. The van der Waals surface area contributed by atoms with Crippen LogP contribution in [0.1, 0.15) is 27.9 Å². The molecule has 0 aliphatic heterocycles. The van der Waals surface area contributed by atoms with Gasteiger partial charge in [-0.05, 0) is 24.5 Å². The fourth-order valence-electron chi connectivity index (χ4n) is 1.81. The van der Waals surface area contributed by atoms with Gasteiger partial charge in [-0.15, -0.1) is 0 Å². The molecule has 1 aliphatic carbocycles. The highest BCUT2D eigenvalue weighted by Gasteiger charge is 2.24. The summed E-state index contributed by atoms with van der Waals surface area (Å²) in [4.78, 5) is 10.9. The largest absolute Gasteiger partial charge is 0.478 e. The van der Waals surface area contributed by atoms with Crippen molar-refractivity contribution >= 4 is 11.7 Å². The first-order valence-electron chi connectivity index (χ1n) is 4.30. The Morgan fingerprint density at radius 1 is 1.36 bits per heavy atom. The Balaban J connectivity index is 2.66. The summed E-state index contributed by atoms with van der Waals surface area (Å²) in [6, 6.07) is 5.10. The average Bonchev–Trinajstić information content (AvgIpc) is 2.59. The SMILES string of the molecule is O=C(O)c1cccc2c1C(=NO)CC2. The van der Waals surface area contributed by atoms with Crippen LogP contribution < -0.4 is 0 Å². The molecule has 14 heavy (non-hydrogen) atoms. The number of hydrogen-bond donors (Lipinski definition) is 2. The second-order valence-corrected chi connectivity index (χ2v) is 3.19. The number of aryl methyl sites for hydroxylation is 1. The minimum absolute atomic E-state index is 0.216. The number of carboxylic acid groups (broad SMARTS) is 1. The Labute approximate surface area is 80.5 Å². The molecule has 1 aromatic carbocycles. The van der Waals surface area contributed by atoms with E-state index in [1.165, 1.54) is 6.07 Å². The quantitative estimate of drug-likeness (QED) is 0.522. The monoisotopic (exact) mass is 191 g/mol. The van der Waals surface area contributed by atoms with Crippen LogP contribution in [-0.2, 0) is 6.42 Å². The summed E-state index contributed by atoms with van der Waals surface area (Å²) in [5, 5.41) is 20.8. The summed E-state index contributed by atoms with van der Waals surface area (Å²) in [5.74, 6) is -0.982. The van der Waals surface area contributed by atoms with E-state index >= 15 is 0 Å². The Hall–Kier alpha value is -1.84. The van der Waals surface area contributed by atoms with E-state index in [4.69, 9.17) is 10.3 Å². The number of aromatic carboxylic acids is 1. The van der Waals surface area contributed by atoms with E-state index in [0.717, 1.165) is 12.0 Å². The molecule has 0 aromatic heterocycles. The van der Waals surface area contributed by atoms with Crippen LogP contribution in [0.3, 0.4) is 0 Å². The summed E-state index contributed by atoms with van der Waals surface area (Å²) in [7, 11) is 0. The Kier molecular flexibility index (Phi) is 1.96. The first-order chi connectivity index (χ1) is 6.74. The summed E-state index contributed by atoms with van der Waals surface area (Å²) in [6.07, 6.45) is 1.35. The standard InChI is InChI=1S/C10H9NO3/c12-10(13)7-3-1-2-6-4-5-8(11-14)9(6)7/h1-3,14H,4-5H2,(H,12,13). The molecule has 0 amide bonds. The van der Waals surface area contributed by atoms with E-state index in [9.17, 15) is 4.79 Å². The van der Waals surface area contributed by atoms with Crippen LogP contribution in [0.25, 0.3) is 0 Å². The second-order valence-electron chi connectivity index (χ2n) is 3.19. The zero-order valence-corrected chi connectivity index (χ0v) is 7.40. The summed E-state index contributed by atoms with van der Waals surface area (Å²) in [6.45, 7) is 0. The molecule has 0 fully saturated rings. The lowest BCUT2D eigenvalue weighted by atomic mass is 10.0. The highest BCUT2D eigenvalue weighted by atomic mass is 16.4. The Morgan fingerprint density at radius 3 is 2.79 bits per heavy atom. The second kappa shape index (κ2) is 3.14. The molecule has 72 valence electrons. The van der Waals surface area contributed by atoms with Crippen LogP contribution in [0.2, 0.25) is 0 Å². The molecule has 0 atom stereocenters. The first-order valence-corrected chi connectivity index (χ1v) is 4.30. The number of carboxylic acids is 1. The number of fused-ring (bicyclic) bond motifs is 1. The zero-order valence-electron chi connectivity index (χ0n) is 7.40. The predicted octanol–water partition coefficient (Wildman–Crippen LogP) is 1.51. The molecular weight excluding hydrogens is 182 g/mol. The third kappa shape index (κ3) is 1.16. The van der Waals surface area contributed by atoms with Gasteiger partial charge in [0.15, 0.2) is 0 Å². The van der Waals surface area contributed by atoms with Gasteiger partial charge >= 0.3 is 5.97 Å². The lowest BCUT2D eigenvalue weighted by Crippen LogP contribution is -2.06. The third-order valence-electron chi connectivity index (χ3n) is 2.42. The molecule has 2 rings (SSSR count). The molecule has 0 saturated heterocycles. The zero-order chi connectivity index (χ0) is 10.1. The number of oxime groups is 1. The van der Waals surface area contributed by atoms with Gasteiger partial charge in [0.2, 0.25) is 0 Å². The fourth-order valence-corrected chi connectivity index (χ4v) is 1.81. The minimum atomic E-state index is -0.982. The predicted molar refractivity (Wildman–Crippen MR) is 50.0 cm³/mol. The highest BCUT2D eigenvalue weighted by molar-refractivity contribution is 6.11. The molecule has 0 unspecified atom stereocenters. The number of hydrogen-bond acceptors (Lipinski definition) is 3. The smallest absolute Gasteiger partial charge is 0.336 e. The number of benzene rings is 1. The van der Waals surface area contributed by atoms with Gasteiger partial charge in [0.05, 0.1) is 11.3 Å². The summed E-state index contributed by atoms with van der Waals surface area (Å²) in [5.41, 5.74) is 2.21. The van der Waals surface area contributed by atoms with Crippen molar-refractivity contribution in [2.24, 2.45) is 5.16 Å². The van der Waals surface area contributed by atoms with Crippen LogP contribution >= 0.6 is 0 Å². The number of nitrogens with zero attached hydrogens (tertiary/aromatic N) is 1. The first kappa shape index (κ1) is 8.74. The van der Waals surface area contributed by atoms with Crippen molar-refractivity contribution in [3.8, 4) is 0 Å². The highest BCUT2D eigenvalue weighted by Crippen LogP contribution is 2.25. The van der Waals surface area contributed by atoms with E-state index in [0.29, 0.717) is 17.7 Å². The van der Waals surface area contributed by atoms with Gasteiger partial charge in [0.1, 0.15) is 0 Å². The molecule has 1 aliphatic rings. The van der Waals surface area contributed by atoms with Gasteiger partial charge in [-0.1, -0.05) is 17.3 Å². The maximum Gasteiger partial charge on any atom is 0.336 e. The number of carbonyl (C=O) groups is 1. The molecule has 2 N–H and O–H groups in total. The van der Waals surface area contributed by atoms with Crippen LogP contribution in [0.5, 0.6) is 0 Å². The normalized spacial score (nSPS) is 17.0. The Bertz CT molecular complexity index is 423. The van der Waals surface area contributed by atoms with Gasteiger partial charge < -0.3 is 10.3 Å². The molecule has 4 nitrogen and oxygen atoms in total. The molecule has 0 heterocycles. The Morgan fingerprint density at radius 2 is 2.14 bits per heavy atom. The van der Waals surface area contributed by atoms with Crippen molar-refractivity contribution in [3.63, 3.8) is 0 Å². The van der Waals surface area contributed by atoms with E-state index in [2.05, 4.69) is 5.16 Å². The summed E-state index contributed by atoms with van der Waals surface area (Å²) < 4.78 is 0. The fraction of sp³-hybridized carbons (Fsp3) is 0.200. The maximum absolute atomic E-state index is 10.9. The van der Waals surface area contributed by atoms with Crippen LogP contribution in [0.15, 0.2) is 23.4 Å².